The van der Waals surface area contributed by atoms with Crippen molar-refractivity contribution in [2.75, 3.05) is 0 Å². The second-order valence-electron chi connectivity index (χ2n) is 8.73. The summed E-state index contributed by atoms with van der Waals surface area (Å²) in [4.78, 5) is 13.5. The molecule has 0 aromatic heterocycles. The summed E-state index contributed by atoms with van der Waals surface area (Å²) < 4.78 is 26.2. The summed E-state index contributed by atoms with van der Waals surface area (Å²) in [5, 5.41) is 10.2. The Morgan fingerprint density at radius 1 is 1.06 bits per heavy atom. The van der Waals surface area contributed by atoms with Gasteiger partial charge in [0.15, 0.2) is 5.78 Å². The first-order chi connectivity index (χ1) is 17.5. The Hall–Kier alpha value is -4.08. The number of nitriles is 1. The van der Waals surface area contributed by atoms with E-state index in [0.717, 1.165) is 5.56 Å². The molecule has 36 heavy (non-hydrogen) atoms. The van der Waals surface area contributed by atoms with Crippen LogP contribution in [-0.2, 0) is 16.1 Å². The molecule has 0 unspecified atom stereocenters. The number of hydrogen-bond acceptors (Lipinski definition) is 5. The maximum absolute atomic E-state index is 14.3. The van der Waals surface area contributed by atoms with Crippen molar-refractivity contribution in [3.05, 3.63) is 123 Å². The van der Waals surface area contributed by atoms with Crippen LogP contribution in [0.3, 0.4) is 0 Å². The molecule has 7 heteroatoms. The second kappa shape index (κ2) is 9.88. The Balaban J connectivity index is 1.54. The summed E-state index contributed by atoms with van der Waals surface area (Å²) >= 11 is 6.17. The molecule has 0 bridgehead atoms. The maximum Gasteiger partial charge on any atom is 0.205 e. The van der Waals surface area contributed by atoms with E-state index in [9.17, 15) is 14.4 Å². The third-order valence-corrected chi connectivity index (χ3v) is 6.95. The molecule has 1 heterocycles. The normalized spacial score (nSPS) is 19.4. The number of nitrogens with zero attached hydrogens (tertiary/aromatic N) is 1. The van der Waals surface area contributed by atoms with Gasteiger partial charge in [-0.3, -0.25) is 4.79 Å². The van der Waals surface area contributed by atoms with Crippen LogP contribution in [0.4, 0.5) is 4.39 Å². The summed E-state index contributed by atoms with van der Waals surface area (Å²) in [7, 11) is 0. The molecule has 5 nitrogen and oxygen atoms in total. The summed E-state index contributed by atoms with van der Waals surface area (Å²) in [5.41, 5.74) is 8.57. The number of carbonyl (C=O) groups excluding carboxylic acids is 1. The molecule has 1 aliphatic heterocycles. The zero-order chi connectivity index (χ0) is 25.2. The number of allylic oxidation sites excluding steroid dienone is 3. The Labute approximate surface area is 213 Å². The van der Waals surface area contributed by atoms with E-state index in [1.807, 2.05) is 30.3 Å². The minimum absolute atomic E-state index is 0.0327. The van der Waals surface area contributed by atoms with Gasteiger partial charge < -0.3 is 15.2 Å². The SMILES string of the molecule is N#CC1=C(N)OC2=C(C(=O)C[C@H](c3ccccc3)C2)[C@H]1c1ccccc1OCc1c(F)cccc1Cl. The molecule has 0 radical (unpaired) electrons. The lowest BCUT2D eigenvalue weighted by atomic mass is 9.73. The lowest BCUT2D eigenvalue weighted by molar-refractivity contribution is -0.117. The van der Waals surface area contributed by atoms with E-state index in [1.165, 1.54) is 12.1 Å². The van der Waals surface area contributed by atoms with Gasteiger partial charge in [-0.1, -0.05) is 66.2 Å². The fraction of sp³-hybridized carbons (Fsp3) is 0.172. The number of hydrogen-bond donors (Lipinski definition) is 1. The van der Waals surface area contributed by atoms with Gasteiger partial charge in [0.05, 0.1) is 10.9 Å². The second-order valence-corrected chi connectivity index (χ2v) is 9.13. The van der Waals surface area contributed by atoms with E-state index >= 15 is 0 Å². The number of carbonyl (C=O) groups is 1. The van der Waals surface area contributed by atoms with Crippen LogP contribution in [0, 0.1) is 17.1 Å². The van der Waals surface area contributed by atoms with Crippen LogP contribution in [0.5, 0.6) is 5.75 Å². The largest absolute Gasteiger partial charge is 0.488 e. The molecule has 0 saturated heterocycles. The van der Waals surface area contributed by atoms with Gasteiger partial charge in [-0.15, -0.1) is 0 Å². The van der Waals surface area contributed by atoms with E-state index in [4.69, 9.17) is 26.8 Å². The molecule has 2 aliphatic rings. The number of para-hydroxylation sites is 1. The Morgan fingerprint density at radius 3 is 2.56 bits per heavy atom. The van der Waals surface area contributed by atoms with E-state index in [0.29, 0.717) is 29.1 Å². The van der Waals surface area contributed by atoms with Crippen molar-refractivity contribution in [3.63, 3.8) is 0 Å². The molecule has 3 aromatic carbocycles. The molecule has 0 amide bonds. The highest BCUT2D eigenvalue weighted by Crippen LogP contribution is 2.48. The molecular formula is C29H22ClFN2O3. The molecule has 1 aliphatic carbocycles. The van der Waals surface area contributed by atoms with Gasteiger partial charge in [0.1, 0.15) is 35.6 Å². The summed E-state index contributed by atoms with van der Waals surface area (Å²) in [6, 6.07) is 23.4. The Morgan fingerprint density at radius 2 is 1.81 bits per heavy atom. The third-order valence-electron chi connectivity index (χ3n) is 6.60. The standard InChI is InChI=1S/C29H22ClFN2O3/c30-22-10-6-11-23(31)21(22)16-35-25-12-5-4-9-19(25)27-20(15-32)29(33)36-26-14-18(13-24(34)28(26)27)17-7-2-1-3-8-17/h1-12,18,27H,13-14,16,33H2/t18-,27-/m0/s1. The van der Waals surface area contributed by atoms with Crippen LogP contribution in [0.25, 0.3) is 0 Å². The van der Waals surface area contributed by atoms with Gasteiger partial charge in [-0.05, 0) is 29.7 Å². The van der Waals surface area contributed by atoms with Crippen molar-refractivity contribution in [2.24, 2.45) is 5.73 Å². The van der Waals surface area contributed by atoms with Crippen LogP contribution >= 0.6 is 11.6 Å². The number of ether oxygens (including phenoxy) is 2. The first kappa shape index (κ1) is 23.7. The number of ketones is 1. The zero-order valence-electron chi connectivity index (χ0n) is 19.2. The van der Waals surface area contributed by atoms with Crippen LogP contribution in [0.2, 0.25) is 5.02 Å². The molecular weight excluding hydrogens is 479 g/mol. The predicted octanol–water partition coefficient (Wildman–Crippen LogP) is 6.27. The van der Waals surface area contributed by atoms with Crippen LogP contribution in [-0.4, -0.2) is 5.78 Å². The van der Waals surface area contributed by atoms with Crippen molar-refractivity contribution in [2.45, 2.75) is 31.3 Å². The number of halogens is 2. The smallest absolute Gasteiger partial charge is 0.205 e. The van der Waals surface area contributed by atoms with Crippen LogP contribution in [0.1, 0.15) is 41.4 Å². The average Bonchev–Trinajstić information content (AvgIpc) is 2.88. The van der Waals surface area contributed by atoms with Gasteiger partial charge in [0.25, 0.3) is 0 Å². The highest BCUT2D eigenvalue weighted by Gasteiger charge is 2.41. The van der Waals surface area contributed by atoms with Crippen LogP contribution < -0.4 is 10.5 Å². The molecule has 0 spiro atoms. The topological polar surface area (TPSA) is 85.3 Å². The highest BCUT2D eigenvalue weighted by atomic mass is 35.5. The molecule has 5 rings (SSSR count). The molecule has 0 fully saturated rings. The minimum atomic E-state index is -0.754. The lowest BCUT2D eigenvalue weighted by Crippen LogP contribution is -2.30. The number of rotatable bonds is 5. The number of Topliss-reactive ketones (excluding diaryl/α,β-unsaturated/α-hetero) is 1. The Kier molecular flexibility index (Phi) is 6.49. The molecule has 0 saturated carbocycles. The van der Waals surface area contributed by atoms with E-state index in [-0.39, 0.29) is 46.8 Å². The predicted molar refractivity (Wildman–Crippen MR) is 133 cm³/mol. The summed E-state index contributed by atoms with van der Waals surface area (Å²) in [5.74, 6) is -0.563. The van der Waals surface area contributed by atoms with Crippen LogP contribution in [0.15, 0.2) is 95.6 Å². The van der Waals surface area contributed by atoms with E-state index in [1.54, 1.807) is 30.3 Å². The first-order valence-electron chi connectivity index (χ1n) is 11.5. The highest BCUT2D eigenvalue weighted by molar-refractivity contribution is 6.31. The van der Waals surface area contributed by atoms with Crippen molar-refractivity contribution in [1.29, 1.82) is 5.26 Å². The zero-order valence-corrected chi connectivity index (χ0v) is 20.0. The van der Waals surface area contributed by atoms with Crippen molar-refractivity contribution >= 4 is 17.4 Å². The summed E-state index contributed by atoms with van der Waals surface area (Å²) in [6.45, 7) is -0.122. The van der Waals surface area contributed by atoms with E-state index in [2.05, 4.69) is 6.07 Å². The fourth-order valence-corrected chi connectivity index (χ4v) is 5.07. The number of nitrogens with two attached hydrogens (primary N) is 1. The third kappa shape index (κ3) is 4.34. The number of benzene rings is 3. The van der Waals surface area contributed by atoms with Crippen molar-refractivity contribution in [1.82, 2.24) is 0 Å². The average molecular weight is 501 g/mol. The maximum atomic E-state index is 14.3. The van der Waals surface area contributed by atoms with Gasteiger partial charge in [-0.25, -0.2) is 4.39 Å². The Bertz CT molecular complexity index is 1420. The summed E-state index contributed by atoms with van der Waals surface area (Å²) in [6.07, 6.45) is 0.768. The van der Waals surface area contributed by atoms with Gasteiger partial charge in [0, 0.05) is 29.5 Å². The molecule has 2 N–H and O–H groups in total. The van der Waals surface area contributed by atoms with Gasteiger partial charge in [-0.2, -0.15) is 5.26 Å². The molecule has 3 aromatic rings. The molecule has 2 atom stereocenters. The molecule has 180 valence electrons. The van der Waals surface area contributed by atoms with Crippen molar-refractivity contribution in [3.8, 4) is 11.8 Å². The lowest BCUT2D eigenvalue weighted by Gasteiger charge is -2.34. The monoisotopic (exact) mass is 500 g/mol. The quantitative estimate of drug-likeness (QED) is 0.446. The van der Waals surface area contributed by atoms with Gasteiger partial charge in [0.2, 0.25) is 5.88 Å². The van der Waals surface area contributed by atoms with Gasteiger partial charge >= 0.3 is 0 Å². The van der Waals surface area contributed by atoms with Crippen molar-refractivity contribution < 1.29 is 18.7 Å². The van der Waals surface area contributed by atoms with E-state index < -0.39 is 11.7 Å². The minimum Gasteiger partial charge on any atom is -0.488 e. The first-order valence-corrected chi connectivity index (χ1v) is 11.9. The fourth-order valence-electron chi connectivity index (χ4n) is 4.85.